The van der Waals surface area contributed by atoms with Gasteiger partial charge in [0, 0.05) is 26.3 Å². The van der Waals surface area contributed by atoms with E-state index in [-0.39, 0.29) is 11.9 Å². The van der Waals surface area contributed by atoms with Gasteiger partial charge in [-0.25, -0.2) is 4.79 Å². The van der Waals surface area contributed by atoms with Gasteiger partial charge in [0.1, 0.15) is 5.54 Å². The van der Waals surface area contributed by atoms with Gasteiger partial charge >= 0.3 is 6.03 Å². The van der Waals surface area contributed by atoms with Crippen LogP contribution in [0, 0.1) is 0 Å². The molecular weight excluding hydrogens is 222 g/mol. The molecule has 2 rings (SSSR count). The van der Waals surface area contributed by atoms with Gasteiger partial charge in [-0.15, -0.1) is 0 Å². The van der Waals surface area contributed by atoms with Crippen LogP contribution >= 0.6 is 0 Å². The number of carbonyl (C=O) groups excluding carboxylic acids is 2. The van der Waals surface area contributed by atoms with E-state index in [4.69, 9.17) is 4.74 Å². The molecule has 1 spiro atoms. The molecule has 2 fully saturated rings. The molecule has 0 radical (unpaired) electrons. The highest BCUT2D eigenvalue weighted by atomic mass is 16.5. The lowest BCUT2D eigenvalue weighted by Crippen LogP contribution is -2.48. The van der Waals surface area contributed by atoms with Gasteiger partial charge in [-0.1, -0.05) is 0 Å². The molecule has 0 aliphatic carbocycles. The first-order valence-electron chi connectivity index (χ1n) is 6.12. The van der Waals surface area contributed by atoms with Crippen molar-refractivity contribution < 1.29 is 14.3 Å². The molecule has 0 aromatic carbocycles. The Hall–Kier alpha value is -1.14. The van der Waals surface area contributed by atoms with Crippen molar-refractivity contribution in [3.05, 3.63) is 0 Å². The number of hydrogen-bond acceptors (Lipinski definition) is 4. The summed E-state index contributed by atoms with van der Waals surface area (Å²) >= 11 is 0. The number of nitrogens with zero attached hydrogens (tertiary/aromatic N) is 1. The molecule has 0 bridgehead atoms. The summed E-state index contributed by atoms with van der Waals surface area (Å²) in [5.41, 5.74) is -0.678. The van der Waals surface area contributed by atoms with Crippen LogP contribution in [0.15, 0.2) is 0 Å². The average Bonchev–Trinajstić information content (AvgIpc) is 2.85. The van der Waals surface area contributed by atoms with Gasteiger partial charge in [-0.2, -0.15) is 0 Å². The van der Waals surface area contributed by atoms with Crippen molar-refractivity contribution in [2.75, 3.05) is 32.8 Å². The van der Waals surface area contributed by atoms with Crippen LogP contribution in [0.4, 0.5) is 4.79 Å². The first-order chi connectivity index (χ1) is 8.19. The van der Waals surface area contributed by atoms with Gasteiger partial charge in [0.2, 0.25) is 0 Å². The summed E-state index contributed by atoms with van der Waals surface area (Å²) in [4.78, 5) is 25.2. The fourth-order valence-corrected chi connectivity index (χ4v) is 2.33. The normalized spacial score (nSPS) is 28.2. The van der Waals surface area contributed by atoms with Crippen molar-refractivity contribution in [2.24, 2.45) is 0 Å². The minimum Gasteiger partial charge on any atom is -0.382 e. The van der Waals surface area contributed by atoms with Gasteiger partial charge in [-0.05, 0) is 26.3 Å². The number of ether oxygens (including phenoxy) is 1. The number of carbonyl (C=O) groups is 2. The van der Waals surface area contributed by atoms with E-state index in [2.05, 4.69) is 10.6 Å². The predicted molar refractivity (Wildman–Crippen MR) is 61.6 cm³/mol. The number of imide groups is 1. The Balaban J connectivity index is 1.90. The molecule has 2 heterocycles. The molecule has 1 atom stereocenters. The second-order valence-corrected chi connectivity index (χ2v) is 4.45. The quantitative estimate of drug-likeness (QED) is 0.512. The fourth-order valence-electron chi connectivity index (χ4n) is 2.33. The molecule has 2 aliphatic rings. The van der Waals surface area contributed by atoms with E-state index >= 15 is 0 Å². The molecule has 2 saturated heterocycles. The van der Waals surface area contributed by atoms with Crippen molar-refractivity contribution in [1.29, 1.82) is 0 Å². The summed E-state index contributed by atoms with van der Waals surface area (Å²) in [5, 5.41) is 5.92. The van der Waals surface area contributed by atoms with Crippen LogP contribution in [0.25, 0.3) is 0 Å². The van der Waals surface area contributed by atoms with Crippen molar-refractivity contribution in [3.63, 3.8) is 0 Å². The first-order valence-corrected chi connectivity index (χ1v) is 6.12. The highest BCUT2D eigenvalue weighted by molar-refractivity contribution is 6.07. The third-order valence-corrected chi connectivity index (χ3v) is 3.28. The molecule has 0 saturated carbocycles. The smallest absolute Gasteiger partial charge is 0.325 e. The topological polar surface area (TPSA) is 70.7 Å². The fraction of sp³-hybridized carbons (Fsp3) is 0.818. The van der Waals surface area contributed by atoms with E-state index in [1.165, 1.54) is 4.90 Å². The molecule has 3 amide bonds. The maximum atomic E-state index is 12.2. The van der Waals surface area contributed by atoms with Crippen LogP contribution in [-0.2, 0) is 9.53 Å². The van der Waals surface area contributed by atoms with Gasteiger partial charge in [0.25, 0.3) is 5.91 Å². The molecule has 2 aliphatic heterocycles. The van der Waals surface area contributed by atoms with Crippen LogP contribution in [0.5, 0.6) is 0 Å². The van der Waals surface area contributed by atoms with Crippen molar-refractivity contribution in [2.45, 2.75) is 25.3 Å². The number of hydrogen-bond donors (Lipinski definition) is 2. The van der Waals surface area contributed by atoms with Gasteiger partial charge in [-0.3, -0.25) is 9.69 Å². The minimum absolute atomic E-state index is 0.0935. The zero-order valence-corrected chi connectivity index (χ0v) is 10.1. The Labute approximate surface area is 101 Å². The first kappa shape index (κ1) is 12.3. The second-order valence-electron chi connectivity index (χ2n) is 4.45. The Kier molecular flexibility index (Phi) is 3.63. The summed E-state index contributed by atoms with van der Waals surface area (Å²) in [6.07, 6.45) is 1.37. The van der Waals surface area contributed by atoms with Crippen molar-refractivity contribution in [1.82, 2.24) is 15.5 Å². The van der Waals surface area contributed by atoms with Crippen LogP contribution in [0.2, 0.25) is 0 Å². The third-order valence-electron chi connectivity index (χ3n) is 3.28. The summed E-state index contributed by atoms with van der Waals surface area (Å²) in [6, 6.07) is -0.268. The zero-order chi connectivity index (χ0) is 12.3. The molecular formula is C11H19N3O3. The van der Waals surface area contributed by atoms with Crippen molar-refractivity contribution >= 4 is 11.9 Å². The Bertz CT molecular complexity index is 313. The molecule has 17 heavy (non-hydrogen) atoms. The summed E-state index contributed by atoms with van der Waals surface area (Å²) in [7, 11) is 0. The van der Waals surface area contributed by atoms with E-state index in [1.54, 1.807) is 0 Å². The number of amides is 3. The van der Waals surface area contributed by atoms with Crippen LogP contribution in [-0.4, -0.2) is 55.2 Å². The molecule has 6 nitrogen and oxygen atoms in total. The third kappa shape index (κ3) is 2.28. The van der Waals surface area contributed by atoms with E-state index in [0.717, 1.165) is 6.54 Å². The summed E-state index contributed by atoms with van der Waals surface area (Å²) in [5.74, 6) is -0.0935. The lowest BCUT2D eigenvalue weighted by Gasteiger charge is -2.19. The largest absolute Gasteiger partial charge is 0.382 e. The lowest BCUT2D eigenvalue weighted by atomic mass is 9.99. The van der Waals surface area contributed by atoms with Crippen LogP contribution < -0.4 is 10.6 Å². The minimum atomic E-state index is -0.678. The summed E-state index contributed by atoms with van der Waals surface area (Å²) < 4.78 is 5.20. The van der Waals surface area contributed by atoms with Gasteiger partial charge in [0.05, 0.1) is 0 Å². The number of rotatable bonds is 5. The maximum Gasteiger partial charge on any atom is 0.325 e. The number of nitrogens with one attached hydrogen (secondary N) is 2. The lowest BCUT2D eigenvalue weighted by molar-refractivity contribution is -0.130. The SMILES string of the molecule is CCOCCCN1C(=O)NC2(CCNC2)C1=O. The highest BCUT2D eigenvalue weighted by Gasteiger charge is 2.52. The standard InChI is InChI=1S/C11H19N3O3/c1-2-17-7-3-6-14-9(15)11(13-10(14)16)4-5-12-8-11/h12H,2-8H2,1H3,(H,13,16). The van der Waals surface area contributed by atoms with E-state index in [1.807, 2.05) is 6.92 Å². The molecule has 2 N–H and O–H groups in total. The number of urea groups is 1. The molecule has 96 valence electrons. The van der Waals surface area contributed by atoms with Crippen LogP contribution in [0.3, 0.4) is 0 Å². The van der Waals surface area contributed by atoms with Gasteiger partial charge < -0.3 is 15.4 Å². The van der Waals surface area contributed by atoms with E-state index in [9.17, 15) is 9.59 Å². The second kappa shape index (κ2) is 5.01. The van der Waals surface area contributed by atoms with Crippen molar-refractivity contribution in [3.8, 4) is 0 Å². The Morgan fingerprint density at radius 3 is 2.94 bits per heavy atom. The Morgan fingerprint density at radius 1 is 1.47 bits per heavy atom. The monoisotopic (exact) mass is 241 g/mol. The van der Waals surface area contributed by atoms with E-state index in [0.29, 0.717) is 39.1 Å². The molecule has 0 aromatic heterocycles. The Morgan fingerprint density at radius 2 is 2.29 bits per heavy atom. The maximum absolute atomic E-state index is 12.2. The van der Waals surface area contributed by atoms with Crippen LogP contribution in [0.1, 0.15) is 19.8 Å². The van der Waals surface area contributed by atoms with E-state index < -0.39 is 5.54 Å². The highest BCUT2D eigenvalue weighted by Crippen LogP contribution is 2.24. The molecule has 6 heteroatoms. The molecule has 0 aromatic rings. The average molecular weight is 241 g/mol. The zero-order valence-electron chi connectivity index (χ0n) is 10.1. The van der Waals surface area contributed by atoms with Gasteiger partial charge in [0.15, 0.2) is 0 Å². The predicted octanol–water partition coefficient (Wildman–Crippen LogP) is -0.303. The summed E-state index contributed by atoms with van der Waals surface area (Å²) in [6.45, 7) is 4.92. The molecule has 1 unspecified atom stereocenters.